The topological polar surface area (TPSA) is 0 Å². The Balaban J connectivity index is 2.32. The molecule has 1 fully saturated rings. The van der Waals surface area contributed by atoms with E-state index in [0.29, 0.717) is 0 Å². The lowest BCUT2D eigenvalue weighted by Crippen LogP contribution is -2.45. The van der Waals surface area contributed by atoms with Gasteiger partial charge in [-0.1, -0.05) is 6.92 Å². The number of hydrogen-bond acceptors (Lipinski definition) is 0. The number of nitrogens with zero attached hydrogens (tertiary/aromatic N) is 1. The van der Waals surface area contributed by atoms with Crippen molar-refractivity contribution in [2.45, 2.75) is 32.6 Å². The third-order valence-electron chi connectivity index (χ3n) is 2.46. The molecule has 0 bridgehead atoms. The van der Waals surface area contributed by atoms with Crippen LogP contribution in [0.3, 0.4) is 0 Å². The molecule has 0 spiro atoms. The maximum Gasteiger partial charge on any atom is 0.0545 e. The summed E-state index contributed by atoms with van der Waals surface area (Å²) in [6, 6.07) is 0. The van der Waals surface area contributed by atoms with E-state index >= 15 is 0 Å². The van der Waals surface area contributed by atoms with Crippen LogP contribution in [0.15, 0.2) is 0 Å². The van der Waals surface area contributed by atoms with Crippen LogP contribution in [-0.4, -0.2) is 24.6 Å². The van der Waals surface area contributed by atoms with Crippen LogP contribution in [0.2, 0.25) is 0 Å². The maximum atomic E-state index is 2.44. The van der Waals surface area contributed by atoms with Gasteiger partial charge in [-0.25, -0.2) is 0 Å². The van der Waals surface area contributed by atoms with Crippen molar-refractivity contribution >= 4 is 0 Å². The molecule has 1 rings (SSSR count). The van der Waals surface area contributed by atoms with Crippen LogP contribution in [0.25, 0.3) is 0 Å². The molecule has 0 unspecified atom stereocenters. The summed E-state index contributed by atoms with van der Waals surface area (Å²) in [7, 11) is 2.35. The Labute approximate surface area is 64.6 Å². The van der Waals surface area contributed by atoms with Gasteiger partial charge in [0, 0.05) is 7.05 Å². The lowest BCUT2D eigenvalue weighted by molar-refractivity contribution is -0.886. The molecule has 0 aromatic heterocycles. The van der Waals surface area contributed by atoms with E-state index in [1.807, 2.05) is 0 Å². The molecule has 1 heteroatoms. The molecule has 1 saturated heterocycles. The van der Waals surface area contributed by atoms with Gasteiger partial charge in [0.2, 0.25) is 0 Å². The fourth-order valence-electron chi connectivity index (χ4n) is 1.86. The van der Waals surface area contributed by atoms with Crippen molar-refractivity contribution in [2.24, 2.45) is 0 Å². The average molecular weight is 141 g/mol. The highest BCUT2D eigenvalue weighted by Crippen LogP contribution is 2.18. The minimum Gasteiger partial charge on any atom is -0.457 e. The van der Waals surface area contributed by atoms with Crippen LogP contribution in [0.1, 0.15) is 32.6 Å². The van der Waals surface area contributed by atoms with Gasteiger partial charge in [0.15, 0.2) is 0 Å². The zero-order valence-corrected chi connectivity index (χ0v) is 7.27. The molecule has 0 atom stereocenters. The van der Waals surface area contributed by atoms with Gasteiger partial charge in [0.05, 0.1) is 13.1 Å². The Morgan fingerprint density at radius 3 is 2.30 bits per heavy atom. The molecule has 0 N–H and O–H groups in total. The number of piperidine rings is 1. The predicted octanol–water partition coefficient (Wildman–Crippen LogP) is 2.19. The highest BCUT2D eigenvalue weighted by molar-refractivity contribution is 4.56. The molecule has 60 valence electrons. The van der Waals surface area contributed by atoms with Crippen molar-refractivity contribution in [2.75, 3.05) is 20.1 Å². The smallest absolute Gasteiger partial charge is 0.0545 e. The molecule has 1 heterocycles. The minimum absolute atomic E-state index is 1.22. The Hall–Kier alpha value is -0.0400. The van der Waals surface area contributed by atoms with Gasteiger partial charge in [-0.2, -0.15) is 0 Å². The largest absolute Gasteiger partial charge is 0.457 e. The zero-order valence-electron chi connectivity index (χ0n) is 7.27. The van der Waals surface area contributed by atoms with Gasteiger partial charge in [-0.15, -0.1) is 13.0 Å². The highest BCUT2D eigenvalue weighted by Gasteiger charge is 2.15. The van der Waals surface area contributed by atoms with Crippen LogP contribution in [-0.2, 0) is 0 Å². The van der Waals surface area contributed by atoms with Crippen molar-refractivity contribution < 1.29 is 4.48 Å². The van der Waals surface area contributed by atoms with Crippen LogP contribution >= 0.6 is 0 Å². The summed E-state index contributed by atoms with van der Waals surface area (Å²) in [5, 5.41) is 0. The normalized spacial score (nSPS) is 24.6. The summed E-state index contributed by atoms with van der Waals surface area (Å²) in [6.45, 7) is 7.42. The van der Waals surface area contributed by atoms with E-state index in [1.165, 1.54) is 43.3 Å². The average Bonchev–Trinajstić information content (AvgIpc) is 1.89. The highest BCUT2D eigenvalue weighted by atomic mass is 15.3. The lowest BCUT2D eigenvalue weighted by Gasteiger charge is -2.46. The first-order valence-electron chi connectivity index (χ1n) is 4.45. The quantitative estimate of drug-likeness (QED) is 0.408. The molecule has 1 nitrogen and oxygen atoms in total. The monoisotopic (exact) mass is 141 g/mol. The Bertz CT molecular complexity index is 87.4. The summed E-state index contributed by atoms with van der Waals surface area (Å²) in [4.78, 5) is 0. The van der Waals surface area contributed by atoms with Gasteiger partial charge in [0.1, 0.15) is 0 Å². The third kappa shape index (κ3) is 1.98. The van der Waals surface area contributed by atoms with Gasteiger partial charge in [-0.3, -0.25) is 0 Å². The van der Waals surface area contributed by atoms with Crippen LogP contribution in [0, 0.1) is 6.54 Å². The Kier molecular flexibility index (Phi) is 2.72. The molecule has 0 aliphatic carbocycles. The van der Waals surface area contributed by atoms with Gasteiger partial charge in [0.25, 0.3) is 0 Å². The lowest BCUT2D eigenvalue weighted by atomic mass is 10.1. The molecular weight excluding hydrogens is 122 g/mol. The summed E-state index contributed by atoms with van der Waals surface area (Å²) in [5.41, 5.74) is 0. The van der Waals surface area contributed by atoms with Crippen LogP contribution < -0.4 is 0 Å². The molecule has 1 aliphatic rings. The Morgan fingerprint density at radius 2 is 1.80 bits per heavy atom. The first kappa shape index (κ1) is 8.06. The van der Waals surface area contributed by atoms with E-state index < -0.39 is 0 Å². The van der Waals surface area contributed by atoms with Gasteiger partial charge >= 0.3 is 0 Å². The number of likely N-dealkylation sites (tertiary alicyclic amines) is 1. The molecule has 0 aromatic rings. The van der Waals surface area contributed by atoms with E-state index in [0.717, 1.165) is 0 Å². The molecular formula is C9H19N. The first-order chi connectivity index (χ1) is 4.77. The van der Waals surface area contributed by atoms with Gasteiger partial charge < -0.3 is 4.48 Å². The van der Waals surface area contributed by atoms with Crippen molar-refractivity contribution in [1.82, 2.24) is 0 Å². The van der Waals surface area contributed by atoms with Gasteiger partial charge in [-0.05, 0) is 19.3 Å². The van der Waals surface area contributed by atoms with Crippen LogP contribution in [0.4, 0.5) is 0 Å². The van der Waals surface area contributed by atoms with E-state index in [1.54, 1.807) is 0 Å². The molecule has 1 aliphatic heterocycles. The fraction of sp³-hybridized carbons (Fsp3) is 0.889. The number of hydrogen-bond donors (Lipinski definition) is 0. The first-order valence-corrected chi connectivity index (χ1v) is 4.45. The molecule has 0 radical (unpaired) electrons. The van der Waals surface area contributed by atoms with Crippen molar-refractivity contribution in [3.05, 3.63) is 6.54 Å². The molecule has 0 saturated carbocycles. The fourth-order valence-corrected chi connectivity index (χ4v) is 1.86. The zero-order chi connectivity index (χ0) is 7.45. The SMILES string of the molecule is CC[CH-][N+]1(C)CCCCC1. The van der Waals surface area contributed by atoms with E-state index in [4.69, 9.17) is 0 Å². The van der Waals surface area contributed by atoms with Crippen molar-refractivity contribution in [1.29, 1.82) is 0 Å². The van der Waals surface area contributed by atoms with E-state index in [-0.39, 0.29) is 0 Å². The Morgan fingerprint density at radius 1 is 1.20 bits per heavy atom. The maximum absolute atomic E-state index is 2.44. The summed E-state index contributed by atoms with van der Waals surface area (Å²) in [6.07, 6.45) is 5.52. The summed E-state index contributed by atoms with van der Waals surface area (Å²) in [5.74, 6) is 0. The minimum atomic E-state index is 1.22. The third-order valence-corrected chi connectivity index (χ3v) is 2.46. The summed E-state index contributed by atoms with van der Waals surface area (Å²) >= 11 is 0. The second-order valence-electron chi connectivity index (χ2n) is 3.58. The van der Waals surface area contributed by atoms with Crippen LogP contribution in [0.5, 0.6) is 0 Å². The van der Waals surface area contributed by atoms with E-state index in [9.17, 15) is 0 Å². The standard InChI is InChI=1S/C9H19N/c1-3-7-10(2)8-5-4-6-9-10/h7H,3-6,8-9H2,1-2H3. The second-order valence-corrected chi connectivity index (χ2v) is 3.58. The molecule has 0 amide bonds. The van der Waals surface area contributed by atoms with E-state index in [2.05, 4.69) is 20.5 Å². The molecule has 10 heavy (non-hydrogen) atoms. The summed E-state index contributed by atoms with van der Waals surface area (Å²) < 4.78 is 1.22. The molecule has 0 aromatic carbocycles. The number of rotatable bonds is 2. The number of quaternary nitrogens is 1. The van der Waals surface area contributed by atoms with Crippen molar-refractivity contribution in [3.63, 3.8) is 0 Å². The predicted molar refractivity (Wildman–Crippen MR) is 44.4 cm³/mol. The van der Waals surface area contributed by atoms with Crippen molar-refractivity contribution in [3.8, 4) is 0 Å². The second kappa shape index (κ2) is 3.38.